The number of rotatable bonds is 2. The second kappa shape index (κ2) is 4.30. The molecule has 0 atom stereocenters. The molecule has 0 aliphatic carbocycles. The molecule has 1 N–H and O–H groups in total. The molecule has 0 bridgehead atoms. The Morgan fingerprint density at radius 1 is 1.55 bits per heavy atom. The van der Waals surface area contributed by atoms with E-state index in [2.05, 4.69) is 10.5 Å². The summed E-state index contributed by atoms with van der Waals surface area (Å²) in [5.41, 5.74) is 2.38. The van der Waals surface area contributed by atoms with E-state index in [0.717, 1.165) is 6.08 Å². The lowest BCUT2D eigenvalue weighted by molar-refractivity contribution is -0.136. The van der Waals surface area contributed by atoms with E-state index in [1.165, 1.54) is 14.0 Å². The molecule has 4 nitrogen and oxygen atoms in total. The van der Waals surface area contributed by atoms with Crippen LogP contribution in [0.1, 0.15) is 6.92 Å². The Balaban J connectivity index is 4.45. The maximum atomic E-state index is 10.6. The molecule has 0 aromatic carbocycles. The highest BCUT2D eigenvalue weighted by molar-refractivity contribution is 5.88. The second-order valence-electron chi connectivity index (χ2n) is 1.74. The van der Waals surface area contributed by atoms with Gasteiger partial charge in [-0.15, -0.1) is 5.73 Å². The summed E-state index contributed by atoms with van der Waals surface area (Å²) in [6, 6.07) is 0. The molecule has 0 amide bonds. The Kier molecular flexibility index (Phi) is 3.70. The third kappa shape index (κ3) is 3.95. The molecular weight excluding hydrogens is 148 g/mol. The largest absolute Gasteiger partial charge is 0.478 e. The van der Waals surface area contributed by atoms with Gasteiger partial charge >= 0.3 is 11.9 Å². The molecule has 0 rings (SSSR count). The minimum Gasteiger partial charge on any atom is -0.478 e. The fraction of sp³-hybridized carbons (Fsp3) is 0.286. The minimum absolute atomic E-state index is 0.134. The van der Waals surface area contributed by atoms with Crippen LogP contribution in [0.15, 0.2) is 17.4 Å². The number of carbonyl (C=O) groups excluding carboxylic acids is 1. The van der Waals surface area contributed by atoms with Crippen molar-refractivity contribution in [1.29, 1.82) is 0 Å². The lowest BCUT2D eigenvalue weighted by Crippen LogP contribution is -2.00. The van der Waals surface area contributed by atoms with Crippen LogP contribution in [0.4, 0.5) is 0 Å². The maximum Gasteiger partial charge on any atom is 0.341 e. The van der Waals surface area contributed by atoms with Crippen molar-refractivity contribution in [3.8, 4) is 0 Å². The molecule has 60 valence electrons. The number of hydrogen-bond acceptors (Lipinski definition) is 3. The number of aliphatic carboxylic acids is 1. The third-order valence-electron chi connectivity index (χ3n) is 0.904. The molecule has 0 saturated heterocycles. The Bertz CT molecular complexity index is 233. The van der Waals surface area contributed by atoms with Gasteiger partial charge in [-0.05, 0) is 6.92 Å². The molecule has 0 unspecified atom stereocenters. The summed E-state index contributed by atoms with van der Waals surface area (Å²) in [6.45, 7) is 1.42. The van der Waals surface area contributed by atoms with E-state index in [-0.39, 0.29) is 5.57 Å². The highest BCUT2D eigenvalue weighted by atomic mass is 16.5. The molecule has 0 heterocycles. The molecule has 0 fully saturated rings. The molecule has 11 heavy (non-hydrogen) atoms. The van der Waals surface area contributed by atoms with Crippen LogP contribution in [-0.4, -0.2) is 24.2 Å². The Labute approximate surface area is 63.8 Å². The van der Waals surface area contributed by atoms with Gasteiger partial charge in [0.05, 0.1) is 18.8 Å². The van der Waals surface area contributed by atoms with Gasteiger partial charge in [-0.3, -0.25) is 0 Å². The average Bonchev–Trinajstić information content (AvgIpc) is 1.98. The summed E-state index contributed by atoms with van der Waals surface area (Å²) in [7, 11) is 1.22. The van der Waals surface area contributed by atoms with Crippen molar-refractivity contribution in [3.05, 3.63) is 17.4 Å². The molecule has 0 aliphatic rings. The number of ether oxygens (including phenoxy) is 1. The van der Waals surface area contributed by atoms with Gasteiger partial charge in [0.15, 0.2) is 0 Å². The first kappa shape index (κ1) is 9.46. The van der Waals surface area contributed by atoms with Crippen LogP contribution in [0.2, 0.25) is 0 Å². The molecule has 4 heteroatoms. The second-order valence-corrected chi connectivity index (χ2v) is 1.74. The minimum atomic E-state index is -1.15. The third-order valence-corrected chi connectivity index (χ3v) is 0.904. The Hall–Kier alpha value is -1.54. The van der Waals surface area contributed by atoms with Gasteiger partial charge in [0.25, 0.3) is 0 Å². The van der Waals surface area contributed by atoms with Gasteiger partial charge in [-0.25, -0.2) is 9.59 Å². The summed E-state index contributed by atoms with van der Waals surface area (Å²) in [6.07, 6.45) is 0.756. The SMILES string of the molecule is COC(=O)C(C)=C=CC(=O)O. The van der Waals surface area contributed by atoms with E-state index in [9.17, 15) is 9.59 Å². The van der Waals surface area contributed by atoms with Crippen LogP contribution < -0.4 is 0 Å². The number of carboxylic acid groups (broad SMARTS) is 1. The normalized spacial score (nSPS) is 7.82. The van der Waals surface area contributed by atoms with Gasteiger partial charge in [0, 0.05) is 0 Å². The zero-order valence-corrected chi connectivity index (χ0v) is 6.25. The number of carbonyl (C=O) groups is 2. The first-order valence-corrected chi connectivity index (χ1v) is 2.82. The van der Waals surface area contributed by atoms with E-state index >= 15 is 0 Å². The van der Waals surface area contributed by atoms with Crippen molar-refractivity contribution in [2.24, 2.45) is 0 Å². The number of methoxy groups -OCH3 is 1. The van der Waals surface area contributed by atoms with Crippen LogP contribution in [0.5, 0.6) is 0 Å². The van der Waals surface area contributed by atoms with Crippen LogP contribution in [-0.2, 0) is 14.3 Å². The first-order valence-electron chi connectivity index (χ1n) is 2.82. The Morgan fingerprint density at radius 2 is 2.09 bits per heavy atom. The molecular formula is C7H8O4. The van der Waals surface area contributed by atoms with E-state index in [0.29, 0.717) is 0 Å². The molecule has 0 aromatic heterocycles. The monoisotopic (exact) mass is 156 g/mol. The summed E-state index contributed by atoms with van der Waals surface area (Å²) in [5, 5.41) is 8.13. The molecule has 0 aromatic rings. The van der Waals surface area contributed by atoms with Gasteiger partial charge in [-0.1, -0.05) is 0 Å². The van der Waals surface area contributed by atoms with Gasteiger partial charge in [0.1, 0.15) is 0 Å². The van der Waals surface area contributed by atoms with Crippen LogP contribution in [0.25, 0.3) is 0 Å². The van der Waals surface area contributed by atoms with Crippen LogP contribution in [0, 0.1) is 0 Å². The average molecular weight is 156 g/mol. The van der Waals surface area contributed by atoms with Gasteiger partial charge < -0.3 is 9.84 Å². The predicted octanol–water partition coefficient (Wildman–Crippen LogP) is 0.345. The van der Waals surface area contributed by atoms with Crippen LogP contribution in [0.3, 0.4) is 0 Å². The van der Waals surface area contributed by atoms with E-state index in [4.69, 9.17) is 5.11 Å². The van der Waals surface area contributed by atoms with Gasteiger partial charge in [-0.2, -0.15) is 0 Å². The number of carboxylic acids is 1. The highest BCUT2D eigenvalue weighted by Gasteiger charge is 2.00. The quantitative estimate of drug-likeness (QED) is 0.356. The maximum absolute atomic E-state index is 10.6. The van der Waals surface area contributed by atoms with E-state index < -0.39 is 11.9 Å². The van der Waals surface area contributed by atoms with E-state index in [1.54, 1.807) is 0 Å². The lowest BCUT2D eigenvalue weighted by Gasteiger charge is -1.92. The fourth-order valence-corrected chi connectivity index (χ4v) is 0.382. The topological polar surface area (TPSA) is 63.6 Å². The standard InChI is InChI=1S/C7H8O4/c1-5(7(10)11-2)3-4-6(8)9/h4H,1-2H3,(H,8,9). The molecule has 0 radical (unpaired) electrons. The highest BCUT2D eigenvalue weighted by Crippen LogP contribution is 1.91. The van der Waals surface area contributed by atoms with Crippen molar-refractivity contribution in [3.63, 3.8) is 0 Å². The van der Waals surface area contributed by atoms with E-state index in [1.807, 2.05) is 0 Å². The Morgan fingerprint density at radius 3 is 2.45 bits per heavy atom. The first-order chi connectivity index (χ1) is 5.07. The van der Waals surface area contributed by atoms with Gasteiger partial charge in [0.2, 0.25) is 0 Å². The summed E-state index contributed by atoms with van der Waals surface area (Å²) in [4.78, 5) is 20.5. The zero-order valence-electron chi connectivity index (χ0n) is 6.25. The molecule has 0 spiro atoms. The van der Waals surface area contributed by atoms with Crippen molar-refractivity contribution >= 4 is 11.9 Å². The molecule has 0 aliphatic heterocycles. The summed E-state index contributed by atoms with van der Waals surface area (Å²) in [5.74, 6) is -1.73. The van der Waals surface area contributed by atoms with Crippen molar-refractivity contribution in [2.75, 3.05) is 7.11 Å². The fourth-order valence-electron chi connectivity index (χ4n) is 0.382. The number of hydrogen-bond donors (Lipinski definition) is 1. The predicted molar refractivity (Wildman–Crippen MR) is 36.9 cm³/mol. The lowest BCUT2D eigenvalue weighted by atomic mass is 10.3. The molecule has 0 saturated carbocycles. The van der Waals surface area contributed by atoms with Crippen molar-refractivity contribution in [1.82, 2.24) is 0 Å². The number of esters is 1. The smallest absolute Gasteiger partial charge is 0.341 e. The van der Waals surface area contributed by atoms with Crippen molar-refractivity contribution < 1.29 is 19.4 Å². The zero-order chi connectivity index (χ0) is 8.85. The van der Waals surface area contributed by atoms with Crippen LogP contribution >= 0.6 is 0 Å². The summed E-state index contributed by atoms with van der Waals surface area (Å²) < 4.78 is 4.29. The van der Waals surface area contributed by atoms with Crippen molar-refractivity contribution in [2.45, 2.75) is 6.92 Å². The summed E-state index contributed by atoms with van der Waals surface area (Å²) >= 11 is 0.